The van der Waals surface area contributed by atoms with Crippen LogP contribution in [0.25, 0.3) is 0 Å². The molecule has 2 rings (SSSR count). The van der Waals surface area contributed by atoms with Crippen LogP contribution in [-0.4, -0.2) is 37.6 Å². The molecule has 58 valence electrons. The van der Waals surface area contributed by atoms with Crippen molar-refractivity contribution in [2.75, 3.05) is 26.7 Å². The van der Waals surface area contributed by atoms with Crippen molar-refractivity contribution in [2.45, 2.75) is 18.9 Å². The second-order valence-electron chi connectivity index (χ2n) is 3.61. The van der Waals surface area contributed by atoms with Crippen LogP contribution in [0.15, 0.2) is 0 Å². The van der Waals surface area contributed by atoms with E-state index in [2.05, 4.69) is 17.3 Å². The van der Waals surface area contributed by atoms with E-state index in [1.165, 1.54) is 32.5 Å². The van der Waals surface area contributed by atoms with Crippen molar-refractivity contribution in [3.05, 3.63) is 0 Å². The first-order valence-corrected chi connectivity index (χ1v) is 4.29. The highest BCUT2D eigenvalue weighted by molar-refractivity contribution is 4.90. The zero-order valence-corrected chi connectivity index (χ0v) is 6.64. The van der Waals surface area contributed by atoms with Crippen LogP contribution < -0.4 is 5.32 Å². The van der Waals surface area contributed by atoms with Gasteiger partial charge in [-0.1, -0.05) is 0 Å². The fourth-order valence-corrected chi connectivity index (χ4v) is 2.30. The molecule has 0 aromatic carbocycles. The lowest BCUT2D eigenvalue weighted by atomic mass is 9.93. The highest BCUT2D eigenvalue weighted by atomic mass is 15.2. The summed E-state index contributed by atoms with van der Waals surface area (Å²) >= 11 is 0. The first-order valence-electron chi connectivity index (χ1n) is 4.29. The Balaban J connectivity index is 2.03. The Kier molecular flexibility index (Phi) is 1.66. The molecule has 2 aliphatic rings. The Morgan fingerprint density at radius 1 is 1.40 bits per heavy atom. The molecular weight excluding hydrogens is 124 g/mol. The third-order valence-corrected chi connectivity index (χ3v) is 2.96. The number of hydrogen-bond donors (Lipinski definition) is 1. The molecule has 0 aromatic rings. The number of nitrogens with one attached hydrogen (secondary N) is 1. The number of hydrogen-bond acceptors (Lipinski definition) is 2. The van der Waals surface area contributed by atoms with E-state index in [4.69, 9.17) is 0 Å². The third kappa shape index (κ3) is 0.956. The summed E-state index contributed by atoms with van der Waals surface area (Å²) in [6, 6.07) is 0.855. The molecule has 2 atom stereocenters. The van der Waals surface area contributed by atoms with Gasteiger partial charge >= 0.3 is 0 Å². The number of likely N-dealkylation sites (N-methyl/N-ethyl adjacent to an activating group) is 1. The van der Waals surface area contributed by atoms with E-state index >= 15 is 0 Å². The van der Waals surface area contributed by atoms with Crippen molar-refractivity contribution >= 4 is 0 Å². The quantitative estimate of drug-likeness (QED) is 0.520. The summed E-state index contributed by atoms with van der Waals surface area (Å²) in [5.74, 6) is 0.957. The Morgan fingerprint density at radius 3 is 3.10 bits per heavy atom. The lowest BCUT2D eigenvalue weighted by Crippen LogP contribution is -2.42. The summed E-state index contributed by atoms with van der Waals surface area (Å²) in [6.07, 6.45) is 2.85. The highest BCUT2D eigenvalue weighted by Crippen LogP contribution is 2.24. The van der Waals surface area contributed by atoms with Crippen LogP contribution in [-0.2, 0) is 0 Å². The molecule has 2 heterocycles. The minimum absolute atomic E-state index is 0.855. The maximum Gasteiger partial charge on any atom is 0.0257 e. The molecule has 2 nitrogen and oxygen atoms in total. The molecule has 0 radical (unpaired) electrons. The van der Waals surface area contributed by atoms with Crippen LogP contribution in [0.4, 0.5) is 0 Å². The fraction of sp³-hybridized carbons (Fsp3) is 1.00. The lowest BCUT2D eigenvalue weighted by molar-refractivity contribution is 0.158. The Bertz CT molecular complexity index is 124. The molecule has 10 heavy (non-hydrogen) atoms. The Labute approximate surface area is 62.6 Å². The molecular formula is C8H16N2. The molecule has 2 fully saturated rings. The smallest absolute Gasteiger partial charge is 0.0257 e. The second kappa shape index (κ2) is 2.51. The molecule has 0 aromatic heterocycles. The average molecular weight is 140 g/mol. The molecule has 1 N–H and O–H groups in total. The number of likely N-dealkylation sites (tertiary alicyclic amines) is 1. The summed E-state index contributed by atoms with van der Waals surface area (Å²) in [6.45, 7) is 3.79. The monoisotopic (exact) mass is 140 g/mol. The molecule has 1 unspecified atom stereocenters. The number of nitrogens with zero attached hydrogens (tertiary/aromatic N) is 1. The van der Waals surface area contributed by atoms with Gasteiger partial charge in [0.05, 0.1) is 0 Å². The topological polar surface area (TPSA) is 15.3 Å². The number of rotatable bonds is 0. The van der Waals surface area contributed by atoms with E-state index in [1.54, 1.807) is 0 Å². The standard InChI is InChI=1S/C8H16N2/c1-10-4-2-3-7-5-9-6-8(7)10/h7-9H,2-6H2,1H3/t7-,8?/m1/s1. The van der Waals surface area contributed by atoms with Gasteiger partial charge in [0.15, 0.2) is 0 Å². The van der Waals surface area contributed by atoms with E-state index in [-0.39, 0.29) is 0 Å². The van der Waals surface area contributed by atoms with Gasteiger partial charge < -0.3 is 10.2 Å². The third-order valence-electron chi connectivity index (χ3n) is 2.96. The molecule has 0 spiro atoms. The SMILES string of the molecule is CN1CCC[C@@H]2CNCC21. The minimum Gasteiger partial charge on any atom is -0.315 e. The summed E-state index contributed by atoms with van der Waals surface area (Å²) in [4.78, 5) is 2.51. The van der Waals surface area contributed by atoms with Gasteiger partial charge in [0.1, 0.15) is 0 Å². The van der Waals surface area contributed by atoms with E-state index in [1.807, 2.05) is 0 Å². The molecule has 2 aliphatic heterocycles. The van der Waals surface area contributed by atoms with E-state index in [0.717, 1.165) is 12.0 Å². The molecule has 0 amide bonds. The number of piperidine rings is 1. The minimum atomic E-state index is 0.855. The zero-order valence-electron chi connectivity index (χ0n) is 6.64. The molecule has 0 bridgehead atoms. The molecule has 0 saturated carbocycles. The predicted molar refractivity (Wildman–Crippen MR) is 42.0 cm³/mol. The number of fused-ring (bicyclic) bond motifs is 1. The van der Waals surface area contributed by atoms with Crippen molar-refractivity contribution in [1.82, 2.24) is 10.2 Å². The van der Waals surface area contributed by atoms with Gasteiger partial charge in [-0.3, -0.25) is 0 Å². The summed E-state index contributed by atoms with van der Waals surface area (Å²) in [5, 5.41) is 3.45. The van der Waals surface area contributed by atoms with E-state index in [0.29, 0.717) is 0 Å². The predicted octanol–water partition coefficient (Wildman–Crippen LogP) is 0.300. The fourth-order valence-electron chi connectivity index (χ4n) is 2.30. The van der Waals surface area contributed by atoms with Crippen molar-refractivity contribution in [2.24, 2.45) is 5.92 Å². The van der Waals surface area contributed by atoms with Gasteiger partial charge in [-0.25, -0.2) is 0 Å². The second-order valence-corrected chi connectivity index (χ2v) is 3.61. The van der Waals surface area contributed by atoms with Crippen molar-refractivity contribution in [3.8, 4) is 0 Å². The lowest BCUT2D eigenvalue weighted by Gasteiger charge is -2.33. The largest absolute Gasteiger partial charge is 0.315 e. The van der Waals surface area contributed by atoms with Crippen LogP contribution in [0.3, 0.4) is 0 Å². The van der Waals surface area contributed by atoms with Crippen molar-refractivity contribution < 1.29 is 0 Å². The van der Waals surface area contributed by atoms with Crippen LogP contribution in [0.1, 0.15) is 12.8 Å². The van der Waals surface area contributed by atoms with Crippen LogP contribution in [0.2, 0.25) is 0 Å². The maximum absolute atomic E-state index is 3.45. The van der Waals surface area contributed by atoms with E-state index < -0.39 is 0 Å². The van der Waals surface area contributed by atoms with E-state index in [9.17, 15) is 0 Å². The Morgan fingerprint density at radius 2 is 2.30 bits per heavy atom. The van der Waals surface area contributed by atoms with Crippen LogP contribution in [0, 0.1) is 5.92 Å². The van der Waals surface area contributed by atoms with Crippen molar-refractivity contribution in [3.63, 3.8) is 0 Å². The first kappa shape index (κ1) is 6.62. The highest BCUT2D eigenvalue weighted by Gasteiger charge is 2.32. The molecule has 2 heteroatoms. The molecule has 0 aliphatic carbocycles. The van der Waals surface area contributed by atoms with Gasteiger partial charge in [-0.05, 0) is 38.9 Å². The van der Waals surface area contributed by atoms with Gasteiger partial charge in [0, 0.05) is 12.6 Å². The average Bonchev–Trinajstić information content (AvgIpc) is 2.36. The zero-order chi connectivity index (χ0) is 6.97. The van der Waals surface area contributed by atoms with Gasteiger partial charge in [-0.2, -0.15) is 0 Å². The summed E-state index contributed by atoms with van der Waals surface area (Å²) in [7, 11) is 2.25. The van der Waals surface area contributed by atoms with Gasteiger partial charge in [0.25, 0.3) is 0 Å². The summed E-state index contributed by atoms with van der Waals surface area (Å²) in [5.41, 5.74) is 0. The van der Waals surface area contributed by atoms with Gasteiger partial charge in [0.2, 0.25) is 0 Å². The van der Waals surface area contributed by atoms with Gasteiger partial charge in [-0.15, -0.1) is 0 Å². The molecule has 2 saturated heterocycles. The maximum atomic E-state index is 3.45. The van der Waals surface area contributed by atoms with Crippen LogP contribution in [0.5, 0.6) is 0 Å². The first-order chi connectivity index (χ1) is 4.88. The van der Waals surface area contributed by atoms with Crippen LogP contribution >= 0.6 is 0 Å². The Hall–Kier alpha value is -0.0800. The summed E-state index contributed by atoms with van der Waals surface area (Å²) < 4.78 is 0. The normalized spacial score (nSPS) is 41.7. The van der Waals surface area contributed by atoms with Crippen molar-refractivity contribution in [1.29, 1.82) is 0 Å².